The SMILES string of the molecule is Cc1ccc(F)c(-c2nn(C3CC4(C3)CN(C(=O)OC(C)(C)C)C4)cc2C(F)(F)F)c1. The quantitative estimate of drug-likeness (QED) is 0.574. The molecule has 1 aromatic heterocycles. The number of carbonyl (C=O) groups excluding carboxylic acids is 1. The number of halogens is 4. The van der Waals surface area contributed by atoms with Crippen molar-refractivity contribution in [1.29, 1.82) is 0 Å². The van der Waals surface area contributed by atoms with E-state index in [1.54, 1.807) is 32.6 Å². The number of nitrogens with zero attached hydrogens (tertiary/aromatic N) is 3. The third kappa shape index (κ3) is 4.14. The first-order chi connectivity index (χ1) is 14.3. The molecule has 0 N–H and O–H groups in total. The summed E-state index contributed by atoms with van der Waals surface area (Å²) in [6.07, 6.45) is -2.83. The van der Waals surface area contributed by atoms with Crippen molar-refractivity contribution in [2.75, 3.05) is 13.1 Å². The van der Waals surface area contributed by atoms with Crippen LogP contribution in [-0.4, -0.2) is 39.5 Å². The highest BCUT2D eigenvalue weighted by Crippen LogP contribution is 2.54. The Balaban J connectivity index is 1.50. The topological polar surface area (TPSA) is 47.4 Å². The number of carbonyl (C=O) groups is 1. The van der Waals surface area contributed by atoms with Gasteiger partial charge in [-0.15, -0.1) is 0 Å². The van der Waals surface area contributed by atoms with Gasteiger partial charge in [0.05, 0.1) is 6.04 Å². The average molecular weight is 439 g/mol. The number of aryl methyl sites for hydroxylation is 1. The van der Waals surface area contributed by atoms with Crippen molar-refractivity contribution >= 4 is 6.09 Å². The third-order valence-corrected chi connectivity index (χ3v) is 5.83. The van der Waals surface area contributed by atoms with Crippen LogP contribution < -0.4 is 0 Å². The normalized spacial score (nSPS) is 18.6. The molecule has 1 aliphatic heterocycles. The number of amides is 1. The molecule has 0 unspecified atom stereocenters. The molecule has 1 saturated carbocycles. The minimum absolute atomic E-state index is 0.110. The Morgan fingerprint density at radius 3 is 2.42 bits per heavy atom. The van der Waals surface area contributed by atoms with Gasteiger partial charge < -0.3 is 9.64 Å². The maximum atomic E-state index is 14.3. The number of likely N-dealkylation sites (tertiary alicyclic amines) is 1. The number of ether oxygens (including phenoxy) is 1. The average Bonchev–Trinajstić information content (AvgIpc) is 2.98. The number of aromatic nitrogens is 2. The smallest absolute Gasteiger partial charge is 0.420 e. The maximum Gasteiger partial charge on any atom is 0.420 e. The molecular weight excluding hydrogens is 414 g/mol. The van der Waals surface area contributed by atoms with Crippen LogP contribution in [0.4, 0.5) is 22.4 Å². The second kappa shape index (κ2) is 6.97. The highest BCUT2D eigenvalue weighted by molar-refractivity contribution is 5.69. The van der Waals surface area contributed by atoms with Crippen molar-refractivity contribution in [3.8, 4) is 11.3 Å². The molecule has 0 radical (unpaired) electrons. The summed E-state index contributed by atoms with van der Waals surface area (Å²) in [6, 6.07) is 3.82. The number of hydrogen-bond donors (Lipinski definition) is 0. The summed E-state index contributed by atoms with van der Waals surface area (Å²) in [6.45, 7) is 8.12. The fourth-order valence-corrected chi connectivity index (χ4v) is 4.41. The van der Waals surface area contributed by atoms with Gasteiger partial charge in [-0.1, -0.05) is 11.6 Å². The Morgan fingerprint density at radius 1 is 1.19 bits per heavy atom. The molecule has 0 bridgehead atoms. The van der Waals surface area contributed by atoms with Crippen LogP contribution in [0.5, 0.6) is 0 Å². The summed E-state index contributed by atoms with van der Waals surface area (Å²) in [5.41, 5.74) is -1.52. The molecule has 168 valence electrons. The van der Waals surface area contributed by atoms with Gasteiger partial charge in [0.25, 0.3) is 0 Å². The molecule has 1 aromatic carbocycles. The molecule has 2 aliphatic rings. The highest BCUT2D eigenvalue weighted by atomic mass is 19.4. The molecule has 5 nitrogen and oxygen atoms in total. The molecule has 2 aromatic rings. The van der Waals surface area contributed by atoms with E-state index in [4.69, 9.17) is 4.74 Å². The second-order valence-electron chi connectivity index (χ2n) is 9.75. The Labute approximate surface area is 178 Å². The van der Waals surface area contributed by atoms with Crippen LogP contribution in [0.3, 0.4) is 0 Å². The van der Waals surface area contributed by atoms with Gasteiger partial charge in [0.2, 0.25) is 0 Å². The van der Waals surface area contributed by atoms with Gasteiger partial charge in [0.15, 0.2) is 0 Å². The van der Waals surface area contributed by atoms with E-state index in [1.807, 2.05) is 0 Å². The Hall–Kier alpha value is -2.58. The monoisotopic (exact) mass is 439 g/mol. The van der Waals surface area contributed by atoms with Crippen molar-refractivity contribution in [3.05, 3.63) is 41.3 Å². The molecule has 31 heavy (non-hydrogen) atoms. The first-order valence-electron chi connectivity index (χ1n) is 10.2. The Kier molecular flexibility index (Phi) is 4.86. The van der Waals surface area contributed by atoms with Gasteiger partial charge in [-0.3, -0.25) is 4.68 Å². The van der Waals surface area contributed by atoms with E-state index in [1.165, 1.54) is 16.8 Å². The predicted molar refractivity (Wildman–Crippen MR) is 106 cm³/mol. The van der Waals surface area contributed by atoms with Crippen molar-refractivity contribution in [2.45, 2.75) is 58.4 Å². The van der Waals surface area contributed by atoms with Crippen LogP contribution in [0.2, 0.25) is 0 Å². The zero-order chi connectivity index (χ0) is 22.8. The molecule has 1 spiro atoms. The summed E-state index contributed by atoms with van der Waals surface area (Å²) < 4.78 is 61.9. The van der Waals surface area contributed by atoms with Crippen molar-refractivity contribution in [1.82, 2.24) is 14.7 Å². The summed E-state index contributed by atoms with van der Waals surface area (Å²) in [5, 5.41) is 4.15. The third-order valence-electron chi connectivity index (χ3n) is 5.83. The van der Waals surface area contributed by atoms with Crippen LogP contribution in [0, 0.1) is 18.2 Å². The van der Waals surface area contributed by atoms with Crippen molar-refractivity contribution in [3.63, 3.8) is 0 Å². The minimum atomic E-state index is -4.64. The number of rotatable bonds is 2. The van der Waals surface area contributed by atoms with Crippen LogP contribution in [0.25, 0.3) is 11.3 Å². The van der Waals surface area contributed by atoms with E-state index in [0.29, 0.717) is 31.5 Å². The predicted octanol–water partition coefficient (Wildman–Crippen LogP) is 5.59. The van der Waals surface area contributed by atoms with Gasteiger partial charge in [0.1, 0.15) is 22.7 Å². The van der Waals surface area contributed by atoms with Crippen molar-refractivity contribution < 1.29 is 27.1 Å². The fourth-order valence-electron chi connectivity index (χ4n) is 4.41. The molecule has 9 heteroatoms. The van der Waals surface area contributed by atoms with E-state index in [2.05, 4.69) is 5.10 Å². The van der Waals surface area contributed by atoms with E-state index < -0.39 is 28.9 Å². The summed E-state index contributed by atoms with van der Waals surface area (Å²) >= 11 is 0. The van der Waals surface area contributed by atoms with Gasteiger partial charge >= 0.3 is 12.3 Å². The van der Waals surface area contributed by atoms with E-state index in [9.17, 15) is 22.4 Å². The lowest BCUT2D eigenvalue weighted by Gasteiger charge is -2.58. The molecule has 0 atom stereocenters. The van der Waals surface area contributed by atoms with E-state index >= 15 is 0 Å². The van der Waals surface area contributed by atoms with Crippen LogP contribution in [0.1, 0.15) is 50.8 Å². The Bertz CT molecular complexity index is 1010. The number of benzene rings is 1. The lowest BCUT2D eigenvalue weighted by molar-refractivity contribution is -0.137. The Morgan fingerprint density at radius 2 is 1.84 bits per heavy atom. The molecular formula is C22H25F4N3O2. The van der Waals surface area contributed by atoms with Crippen LogP contribution in [-0.2, 0) is 10.9 Å². The maximum absolute atomic E-state index is 14.3. The lowest BCUT2D eigenvalue weighted by atomic mass is 9.61. The second-order valence-corrected chi connectivity index (χ2v) is 9.75. The molecule has 1 aliphatic carbocycles. The van der Waals surface area contributed by atoms with Crippen molar-refractivity contribution in [2.24, 2.45) is 5.41 Å². The molecule has 2 fully saturated rings. The lowest BCUT2D eigenvalue weighted by Crippen LogP contribution is -2.64. The molecule has 1 saturated heterocycles. The first kappa shape index (κ1) is 21.6. The van der Waals surface area contributed by atoms with Gasteiger partial charge in [0, 0.05) is 30.3 Å². The highest BCUT2D eigenvalue weighted by Gasteiger charge is 2.55. The first-order valence-corrected chi connectivity index (χ1v) is 10.2. The largest absolute Gasteiger partial charge is 0.444 e. The zero-order valence-electron chi connectivity index (χ0n) is 17.9. The van der Waals surface area contributed by atoms with Crippen LogP contribution >= 0.6 is 0 Å². The summed E-state index contributed by atoms with van der Waals surface area (Å²) in [5.74, 6) is -0.738. The molecule has 4 rings (SSSR count). The number of hydrogen-bond acceptors (Lipinski definition) is 3. The van der Waals surface area contributed by atoms with Crippen LogP contribution in [0.15, 0.2) is 24.4 Å². The minimum Gasteiger partial charge on any atom is -0.444 e. The fraction of sp³-hybridized carbons (Fsp3) is 0.545. The van der Waals surface area contributed by atoms with Gasteiger partial charge in [-0.25, -0.2) is 9.18 Å². The van der Waals surface area contributed by atoms with E-state index in [0.717, 1.165) is 12.3 Å². The van der Waals surface area contributed by atoms with E-state index in [-0.39, 0.29) is 23.1 Å². The summed E-state index contributed by atoms with van der Waals surface area (Å²) in [7, 11) is 0. The zero-order valence-corrected chi connectivity index (χ0v) is 17.9. The van der Waals surface area contributed by atoms with Gasteiger partial charge in [-0.05, 0) is 52.7 Å². The number of alkyl halides is 3. The van der Waals surface area contributed by atoms with Gasteiger partial charge in [-0.2, -0.15) is 18.3 Å². The molecule has 2 heterocycles. The summed E-state index contributed by atoms with van der Waals surface area (Å²) in [4.78, 5) is 13.7. The molecule has 1 amide bonds. The standard InChI is InChI=1S/C22H25F4N3O2/c1-13-5-6-17(23)15(7-13)18-16(22(24,25)26)10-29(27-18)14-8-21(9-14)11-28(12-21)19(30)31-20(2,3)4/h5-7,10,14H,8-9,11-12H2,1-4H3.